The Morgan fingerprint density at radius 3 is 2.50 bits per heavy atom. The maximum atomic E-state index is 11.6. The second-order valence-corrected chi connectivity index (χ2v) is 5.14. The van der Waals surface area contributed by atoms with E-state index >= 15 is 0 Å². The summed E-state index contributed by atoms with van der Waals surface area (Å²) in [5.74, 6) is 0.684. The minimum Gasteiger partial charge on any atom is -0.369 e. The zero-order valence-corrected chi connectivity index (χ0v) is 13.6. The van der Waals surface area contributed by atoms with Crippen LogP contribution in [-0.4, -0.2) is 55.8 Å². The van der Waals surface area contributed by atoms with E-state index in [2.05, 4.69) is 25.7 Å². The highest BCUT2D eigenvalue weighted by Gasteiger charge is 2.16. The predicted molar refractivity (Wildman–Crippen MR) is 82.5 cm³/mol. The average molecular weight is 329 g/mol. The summed E-state index contributed by atoms with van der Waals surface area (Å²) in [6.45, 7) is 0. The molecule has 2 aromatic rings. The number of amidine groups is 1. The number of nitrogens with zero attached hydrogens (tertiary/aromatic N) is 9. The van der Waals surface area contributed by atoms with Crippen LogP contribution >= 0.6 is 0 Å². The molecule has 0 saturated heterocycles. The Morgan fingerprint density at radius 1 is 1.17 bits per heavy atom. The molecule has 0 N–H and O–H groups in total. The molecule has 0 atom stereocenters. The van der Waals surface area contributed by atoms with Crippen molar-refractivity contribution in [2.24, 2.45) is 19.2 Å². The van der Waals surface area contributed by atoms with Crippen LogP contribution in [0.5, 0.6) is 0 Å². The smallest absolute Gasteiger partial charge is 0.369 e. The maximum absolute atomic E-state index is 11.6. The van der Waals surface area contributed by atoms with Gasteiger partial charge >= 0.3 is 11.7 Å². The number of aryl methyl sites for hydroxylation is 2. The molecular formula is C13H15N9O2. The third kappa shape index (κ3) is 2.66. The molecule has 3 heterocycles. The first-order valence-corrected chi connectivity index (χ1v) is 6.97. The van der Waals surface area contributed by atoms with E-state index in [0.29, 0.717) is 22.9 Å². The van der Waals surface area contributed by atoms with Crippen LogP contribution < -0.4 is 10.4 Å². The van der Waals surface area contributed by atoms with E-state index in [9.17, 15) is 9.59 Å². The lowest BCUT2D eigenvalue weighted by atomic mass is 10.2. The van der Waals surface area contributed by atoms with Gasteiger partial charge in [-0.25, -0.2) is 4.79 Å². The number of carbonyl (C=O) groups is 1. The number of aromatic nitrogens is 5. The average Bonchev–Trinajstić information content (AvgIpc) is 2.57. The van der Waals surface area contributed by atoms with Gasteiger partial charge in [-0.15, -0.1) is 0 Å². The Balaban J connectivity index is 1.93. The summed E-state index contributed by atoms with van der Waals surface area (Å²) < 4.78 is 2.38. The summed E-state index contributed by atoms with van der Waals surface area (Å²) in [5, 5.41) is 14.6. The first-order chi connectivity index (χ1) is 11.4. The van der Waals surface area contributed by atoms with Gasteiger partial charge in [0.15, 0.2) is 0 Å². The Labute approximate surface area is 136 Å². The zero-order valence-electron chi connectivity index (χ0n) is 13.6. The molecule has 2 amide bonds. The van der Waals surface area contributed by atoms with Crippen LogP contribution in [0.15, 0.2) is 28.2 Å². The molecular weight excluding hydrogens is 314 g/mol. The van der Waals surface area contributed by atoms with Gasteiger partial charge in [0, 0.05) is 20.3 Å². The number of pyridine rings is 1. The van der Waals surface area contributed by atoms with Gasteiger partial charge in [0.2, 0.25) is 0 Å². The van der Waals surface area contributed by atoms with Crippen LogP contribution in [0.3, 0.4) is 0 Å². The van der Waals surface area contributed by atoms with Gasteiger partial charge in [0.1, 0.15) is 19.8 Å². The van der Waals surface area contributed by atoms with Crippen LogP contribution in [-0.2, 0) is 14.1 Å². The number of rotatable bonds is 2. The number of amides is 2. The van der Waals surface area contributed by atoms with E-state index in [-0.39, 0.29) is 11.7 Å². The van der Waals surface area contributed by atoms with E-state index in [4.69, 9.17) is 0 Å². The van der Waals surface area contributed by atoms with E-state index in [1.807, 2.05) is 0 Å². The Bertz CT molecular complexity index is 861. The zero-order chi connectivity index (χ0) is 17.4. The van der Waals surface area contributed by atoms with Crippen molar-refractivity contribution in [3.05, 3.63) is 39.8 Å². The van der Waals surface area contributed by atoms with Crippen LogP contribution in [0, 0.1) is 0 Å². The molecule has 11 nitrogen and oxygen atoms in total. The van der Waals surface area contributed by atoms with Crippen molar-refractivity contribution in [2.75, 3.05) is 14.1 Å². The maximum Gasteiger partial charge on any atom is 0.539 e. The normalized spacial score (nSPS) is 14.5. The molecule has 0 unspecified atom stereocenters. The lowest BCUT2D eigenvalue weighted by molar-refractivity contribution is -0.749. The molecule has 3 rings (SSSR count). The summed E-state index contributed by atoms with van der Waals surface area (Å²) in [7, 11) is 6.18. The number of carbonyl (C=O) groups excluding carboxylic acids is 1. The molecule has 2 aromatic heterocycles. The molecule has 0 radical (unpaired) electrons. The second-order valence-electron chi connectivity index (χ2n) is 5.14. The highest BCUT2D eigenvalue weighted by molar-refractivity contribution is 6.10. The van der Waals surface area contributed by atoms with Crippen molar-refractivity contribution in [1.82, 2.24) is 29.9 Å². The van der Waals surface area contributed by atoms with Crippen molar-refractivity contribution in [3.8, 4) is 11.5 Å². The van der Waals surface area contributed by atoms with Crippen LogP contribution in [0.1, 0.15) is 5.56 Å². The number of hydrogen-bond donors (Lipinski definition) is 0. The summed E-state index contributed by atoms with van der Waals surface area (Å²) in [4.78, 5) is 27.5. The molecule has 0 spiro atoms. The first-order valence-electron chi connectivity index (χ1n) is 6.97. The van der Waals surface area contributed by atoms with Crippen LogP contribution in [0.25, 0.3) is 16.9 Å². The SMILES string of the molecule is CN1N=C(c2ccc(-c3nn(C)c(=O)[n+](C)n3)nc2)[N-]N(C)C1=O. The molecule has 11 heteroatoms. The lowest BCUT2D eigenvalue weighted by Crippen LogP contribution is -2.55. The van der Waals surface area contributed by atoms with Gasteiger partial charge in [-0.2, -0.15) is 4.79 Å². The van der Waals surface area contributed by atoms with Crippen molar-refractivity contribution in [1.29, 1.82) is 0 Å². The summed E-state index contributed by atoms with van der Waals surface area (Å²) in [6.07, 6.45) is 1.56. The van der Waals surface area contributed by atoms with E-state index in [0.717, 1.165) is 0 Å². The van der Waals surface area contributed by atoms with Gasteiger partial charge in [-0.05, 0) is 17.5 Å². The van der Waals surface area contributed by atoms with Crippen molar-refractivity contribution < 1.29 is 9.48 Å². The summed E-state index contributed by atoms with van der Waals surface area (Å²) in [6, 6.07) is 3.12. The number of hydrogen-bond acceptors (Lipinski definition) is 6. The highest BCUT2D eigenvalue weighted by atomic mass is 16.2. The largest absolute Gasteiger partial charge is 0.539 e. The Hall–Kier alpha value is -3.37. The molecule has 0 fully saturated rings. The number of urea groups is 1. The molecule has 0 aliphatic carbocycles. The van der Waals surface area contributed by atoms with Gasteiger partial charge in [0.05, 0.1) is 0 Å². The third-order valence-corrected chi connectivity index (χ3v) is 3.34. The van der Waals surface area contributed by atoms with Crippen LogP contribution in [0.2, 0.25) is 0 Å². The molecule has 1 aliphatic rings. The van der Waals surface area contributed by atoms with Gasteiger partial charge < -0.3 is 20.5 Å². The quantitative estimate of drug-likeness (QED) is 0.656. The lowest BCUT2D eigenvalue weighted by Gasteiger charge is -2.38. The molecule has 0 saturated carbocycles. The molecule has 0 aromatic carbocycles. The Kier molecular flexibility index (Phi) is 3.67. The fraction of sp³-hybridized carbons (Fsp3) is 0.308. The number of hydrazone groups is 1. The first kappa shape index (κ1) is 15.5. The van der Waals surface area contributed by atoms with Gasteiger partial charge in [-0.3, -0.25) is 4.98 Å². The van der Waals surface area contributed by atoms with Crippen molar-refractivity contribution in [3.63, 3.8) is 0 Å². The predicted octanol–water partition coefficient (Wildman–Crippen LogP) is -0.991. The van der Waals surface area contributed by atoms with E-state index in [1.54, 1.807) is 46.5 Å². The minimum absolute atomic E-state index is 0.318. The molecule has 1 aliphatic heterocycles. The van der Waals surface area contributed by atoms with E-state index < -0.39 is 0 Å². The minimum atomic E-state index is -0.332. The fourth-order valence-electron chi connectivity index (χ4n) is 2.07. The van der Waals surface area contributed by atoms with Crippen LogP contribution in [0.4, 0.5) is 4.79 Å². The highest BCUT2D eigenvalue weighted by Crippen LogP contribution is 2.17. The second kappa shape index (κ2) is 5.68. The van der Waals surface area contributed by atoms with Crippen molar-refractivity contribution in [2.45, 2.75) is 0 Å². The van der Waals surface area contributed by atoms with Gasteiger partial charge in [0.25, 0.3) is 5.82 Å². The van der Waals surface area contributed by atoms with Gasteiger partial charge in [-0.1, -0.05) is 25.6 Å². The summed E-state index contributed by atoms with van der Waals surface area (Å²) >= 11 is 0. The monoisotopic (exact) mass is 329 g/mol. The molecule has 124 valence electrons. The van der Waals surface area contributed by atoms with E-state index in [1.165, 1.54) is 19.4 Å². The topological polar surface area (TPSA) is 115 Å². The van der Waals surface area contributed by atoms with Crippen molar-refractivity contribution >= 4 is 11.9 Å². The standard InChI is InChI=1S/C13H15N9O2/c1-19-12(23)20(2)16-10(15-19)8-5-6-9(14-7-8)11-17-21(3)13(24)22(4)18-11/h5-7H,1-4H3. The third-order valence-electron chi connectivity index (χ3n) is 3.34. The molecule has 0 bridgehead atoms. The Morgan fingerprint density at radius 2 is 1.92 bits per heavy atom. The molecule has 24 heavy (non-hydrogen) atoms. The fourth-order valence-corrected chi connectivity index (χ4v) is 2.07. The summed E-state index contributed by atoms with van der Waals surface area (Å²) in [5.41, 5.74) is 4.90.